The van der Waals surface area contributed by atoms with Crippen LogP contribution in [0.4, 0.5) is 0 Å². The molecule has 0 saturated carbocycles. The Morgan fingerprint density at radius 1 is 1.29 bits per heavy atom. The van der Waals surface area contributed by atoms with Gasteiger partial charge in [0.25, 0.3) is 5.91 Å². The third-order valence-electron chi connectivity index (χ3n) is 3.80. The Balaban J connectivity index is 2.21. The molecule has 2 aromatic heterocycles. The number of pyridine rings is 1. The number of aryl methyl sites for hydroxylation is 2. The number of nitrogens with one attached hydrogen (secondary N) is 1. The molecule has 128 valence electrons. The lowest BCUT2D eigenvalue weighted by atomic mass is 10.1. The molecule has 0 fully saturated rings. The molecule has 0 aromatic carbocycles. The lowest BCUT2D eigenvalue weighted by Crippen LogP contribution is -2.41. The molecule has 0 aliphatic heterocycles. The number of imidazole rings is 1. The highest BCUT2D eigenvalue weighted by Gasteiger charge is 2.22. The smallest absolute Gasteiger partial charge is 0.326 e. The molecule has 8 heteroatoms. The summed E-state index contributed by atoms with van der Waals surface area (Å²) in [5.41, 5.74) is 2.84. The highest BCUT2D eigenvalue weighted by atomic mass is 16.4. The van der Waals surface area contributed by atoms with Crippen LogP contribution >= 0.6 is 0 Å². The fourth-order valence-electron chi connectivity index (χ4n) is 2.45. The maximum atomic E-state index is 12.3. The van der Waals surface area contributed by atoms with E-state index in [0.29, 0.717) is 5.65 Å². The van der Waals surface area contributed by atoms with Gasteiger partial charge in [0.05, 0.1) is 11.3 Å². The standard InChI is InChI=1S/C16H19N3O5/c1-3-11-9(2)19-8-10(4-6-13(19)17-11)15(22)18-12(16(23)24)5-7-14(20)21/h4,6,8,12H,3,5,7H2,1-2H3,(H,18,22)(H,20,21)(H,23,24). The fraction of sp³-hybridized carbons (Fsp3) is 0.375. The number of carboxylic acids is 2. The molecule has 1 unspecified atom stereocenters. The molecule has 1 amide bonds. The van der Waals surface area contributed by atoms with Crippen molar-refractivity contribution in [2.75, 3.05) is 0 Å². The summed E-state index contributed by atoms with van der Waals surface area (Å²) in [5, 5.41) is 20.1. The average Bonchev–Trinajstić information content (AvgIpc) is 2.86. The van der Waals surface area contributed by atoms with Gasteiger partial charge in [-0.15, -0.1) is 0 Å². The normalized spacial score (nSPS) is 12.1. The van der Waals surface area contributed by atoms with Crippen LogP contribution in [0.25, 0.3) is 5.65 Å². The van der Waals surface area contributed by atoms with E-state index in [9.17, 15) is 14.4 Å². The van der Waals surface area contributed by atoms with Gasteiger partial charge in [-0.2, -0.15) is 0 Å². The van der Waals surface area contributed by atoms with Gasteiger partial charge in [0.15, 0.2) is 0 Å². The van der Waals surface area contributed by atoms with E-state index in [0.717, 1.165) is 17.8 Å². The van der Waals surface area contributed by atoms with E-state index in [2.05, 4.69) is 10.3 Å². The molecule has 8 nitrogen and oxygen atoms in total. The zero-order valence-electron chi connectivity index (χ0n) is 13.4. The second-order valence-corrected chi connectivity index (χ2v) is 5.44. The predicted octanol–water partition coefficient (Wildman–Crippen LogP) is 1.25. The Bertz CT molecular complexity index is 796. The van der Waals surface area contributed by atoms with E-state index >= 15 is 0 Å². The number of carbonyl (C=O) groups is 3. The molecular formula is C16H19N3O5. The number of aliphatic carboxylic acids is 2. The van der Waals surface area contributed by atoms with Crippen molar-refractivity contribution >= 4 is 23.5 Å². The van der Waals surface area contributed by atoms with Crippen LogP contribution in [-0.4, -0.2) is 43.5 Å². The predicted molar refractivity (Wildman–Crippen MR) is 85.1 cm³/mol. The van der Waals surface area contributed by atoms with Gasteiger partial charge in [-0.05, 0) is 31.9 Å². The quantitative estimate of drug-likeness (QED) is 0.701. The number of fused-ring (bicyclic) bond motifs is 1. The van der Waals surface area contributed by atoms with E-state index < -0.39 is 23.9 Å². The summed E-state index contributed by atoms with van der Waals surface area (Å²) < 4.78 is 1.78. The SMILES string of the molecule is CCc1nc2ccc(C(=O)NC(CCC(=O)O)C(=O)O)cn2c1C. The molecule has 24 heavy (non-hydrogen) atoms. The van der Waals surface area contributed by atoms with Crippen molar-refractivity contribution in [1.29, 1.82) is 0 Å². The van der Waals surface area contributed by atoms with Crippen LogP contribution in [0.15, 0.2) is 18.3 Å². The summed E-state index contributed by atoms with van der Waals surface area (Å²) in [6, 6.07) is 2.00. The topological polar surface area (TPSA) is 121 Å². The van der Waals surface area contributed by atoms with Crippen molar-refractivity contribution in [2.24, 2.45) is 0 Å². The van der Waals surface area contributed by atoms with E-state index in [1.54, 1.807) is 22.7 Å². The molecule has 1 atom stereocenters. The second-order valence-electron chi connectivity index (χ2n) is 5.44. The van der Waals surface area contributed by atoms with Gasteiger partial charge in [-0.3, -0.25) is 9.59 Å². The number of hydrogen-bond acceptors (Lipinski definition) is 4. The summed E-state index contributed by atoms with van der Waals surface area (Å²) >= 11 is 0. The van der Waals surface area contributed by atoms with E-state index in [1.807, 2.05) is 13.8 Å². The van der Waals surface area contributed by atoms with Gasteiger partial charge in [-0.25, -0.2) is 9.78 Å². The first-order chi connectivity index (χ1) is 11.3. The van der Waals surface area contributed by atoms with Crippen LogP contribution in [0, 0.1) is 6.92 Å². The molecule has 0 aliphatic carbocycles. The first-order valence-corrected chi connectivity index (χ1v) is 7.56. The van der Waals surface area contributed by atoms with Crippen LogP contribution in [0.3, 0.4) is 0 Å². The third-order valence-corrected chi connectivity index (χ3v) is 3.80. The number of nitrogens with zero attached hydrogens (tertiary/aromatic N) is 2. The first kappa shape index (κ1) is 17.5. The minimum Gasteiger partial charge on any atom is -0.481 e. The van der Waals surface area contributed by atoms with Gasteiger partial charge < -0.3 is 19.9 Å². The van der Waals surface area contributed by atoms with Gasteiger partial charge in [0.1, 0.15) is 11.7 Å². The van der Waals surface area contributed by atoms with Crippen molar-refractivity contribution in [1.82, 2.24) is 14.7 Å². The number of amides is 1. The largest absolute Gasteiger partial charge is 0.481 e. The van der Waals surface area contributed by atoms with Gasteiger partial charge in [0.2, 0.25) is 0 Å². The second kappa shape index (κ2) is 7.12. The summed E-state index contributed by atoms with van der Waals surface area (Å²) in [4.78, 5) is 38.5. The van der Waals surface area contributed by atoms with Crippen LogP contribution in [0.5, 0.6) is 0 Å². The minimum atomic E-state index is -1.27. The number of carbonyl (C=O) groups excluding carboxylic acids is 1. The maximum absolute atomic E-state index is 12.3. The Morgan fingerprint density at radius 3 is 2.58 bits per heavy atom. The molecule has 2 rings (SSSR count). The highest BCUT2D eigenvalue weighted by Crippen LogP contribution is 2.14. The lowest BCUT2D eigenvalue weighted by molar-refractivity contribution is -0.140. The molecular weight excluding hydrogens is 314 g/mol. The molecule has 0 aliphatic rings. The number of rotatable bonds is 7. The van der Waals surface area contributed by atoms with Crippen LogP contribution in [0.2, 0.25) is 0 Å². The molecule has 0 saturated heterocycles. The number of aromatic nitrogens is 2. The zero-order valence-corrected chi connectivity index (χ0v) is 13.4. The van der Waals surface area contributed by atoms with E-state index in [4.69, 9.17) is 10.2 Å². The van der Waals surface area contributed by atoms with Gasteiger partial charge in [0, 0.05) is 18.3 Å². The monoisotopic (exact) mass is 333 g/mol. The molecule has 2 aromatic rings. The van der Waals surface area contributed by atoms with Crippen molar-refractivity contribution in [2.45, 2.75) is 39.2 Å². The van der Waals surface area contributed by atoms with Crippen molar-refractivity contribution in [3.63, 3.8) is 0 Å². The van der Waals surface area contributed by atoms with Crippen molar-refractivity contribution < 1.29 is 24.6 Å². The van der Waals surface area contributed by atoms with Crippen LogP contribution in [-0.2, 0) is 16.0 Å². The molecule has 0 spiro atoms. The highest BCUT2D eigenvalue weighted by molar-refractivity contribution is 5.96. The van der Waals surface area contributed by atoms with Gasteiger partial charge in [-0.1, -0.05) is 6.92 Å². The fourth-order valence-corrected chi connectivity index (χ4v) is 2.45. The molecule has 0 bridgehead atoms. The van der Waals surface area contributed by atoms with Crippen molar-refractivity contribution in [3.8, 4) is 0 Å². The first-order valence-electron chi connectivity index (χ1n) is 7.56. The summed E-state index contributed by atoms with van der Waals surface area (Å²) in [5.74, 6) is -2.95. The summed E-state index contributed by atoms with van der Waals surface area (Å²) in [6.45, 7) is 3.88. The molecule has 3 N–H and O–H groups in total. The Kier molecular flexibility index (Phi) is 5.18. The summed E-state index contributed by atoms with van der Waals surface area (Å²) in [7, 11) is 0. The van der Waals surface area contributed by atoms with Crippen LogP contribution < -0.4 is 5.32 Å². The van der Waals surface area contributed by atoms with E-state index in [1.165, 1.54) is 0 Å². The van der Waals surface area contributed by atoms with E-state index in [-0.39, 0.29) is 18.4 Å². The lowest BCUT2D eigenvalue weighted by Gasteiger charge is -2.13. The number of carboxylic acid groups (broad SMARTS) is 2. The Hall–Kier alpha value is -2.90. The Labute approximate surface area is 138 Å². The Morgan fingerprint density at radius 2 is 2.00 bits per heavy atom. The third kappa shape index (κ3) is 3.70. The molecule has 2 heterocycles. The van der Waals surface area contributed by atoms with Crippen LogP contribution in [0.1, 0.15) is 41.5 Å². The van der Waals surface area contributed by atoms with Gasteiger partial charge >= 0.3 is 11.9 Å². The molecule has 0 radical (unpaired) electrons. The van der Waals surface area contributed by atoms with Crippen molar-refractivity contribution in [3.05, 3.63) is 35.3 Å². The maximum Gasteiger partial charge on any atom is 0.326 e. The number of hydrogen-bond donors (Lipinski definition) is 3. The average molecular weight is 333 g/mol. The summed E-state index contributed by atoms with van der Waals surface area (Å²) in [6.07, 6.45) is 1.85. The minimum absolute atomic E-state index is 0.178. The zero-order chi connectivity index (χ0) is 17.9.